The van der Waals surface area contributed by atoms with Gasteiger partial charge in [-0.3, -0.25) is 0 Å². The lowest BCUT2D eigenvalue weighted by Crippen LogP contribution is -2.00. The molecule has 91 valence electrons. The highest BCUT2D eigenvalue weighted by atomic mass is 14.2. The van der Waals surface area contributed by atoms with Crippen LogP contribution in [0.5, 0.6) is 0 Å². The molecule has 1 radical (unpaired) electrons. The van der Waals surface area contributed by atoms with Crippen molar-refractivity contribution >= 4 is 0 Å². The third kappa shape index (κ3) is 3.33. The Morgan fingerprint density at radius 3 is 1.78 bits per heavy atom. The fourth-order valence-corrected chi connectivity index (χ4v) is 2.28. The van der Waals surface area contributed by atoms with Crippen molar-refractivity contribution in [1.82, 2.24) is 0 Å². The van der Waals surface area contributed by atoms with E-state index in [1.807, 2.05) is 6.08 Å². The van der Waals surface area contributed by atoms with Crippen LogP contribution in [0.15, 0.2) is 72.8 Å². The molecule has 0 heterocycles. The number of benzene rings is 2. The molecule has 0 unspecified atom stereocenters. The molecule has 0 atom stereocenters. The highest BCUT2D eigenvalue weighted by Gasteiger charge is 2.12. The van der Waals surface area contributed by atoms with Crippen molar-refractivity contribution in [3.8, 4) is 0 Å². The Bertz CT molecular complexity index is 428. The Morgan fingerprint density at radius 1 is 0.833 bits per heavy atom. The van der Waals surface area contributed by atoms with E-state index in [2.05, 4.69) is 73.7 Å². The summed E-state index contributed by atoms with van der Waals surface area (Å²) in [4.78, 5) is 0. The van der Waals surface area contributed by atoms with Gasteiger partial charge in [-0.05, 0) is 30.9 Å². The smallest absolute Gasteiger partial charge is 0.00922 e. The summed E-state index contributed by atoms with van der Waals surface area (Å²) in [7, 11) is 0. The van der Waals surface area contributed by atoms with Gasteiger partial charge in [0.05, 0.1) is 0 Å². The maximum absolute atomic E-state index is 3.75. The summed E-state index contributed by atoms with van der Waals surface area (Å²) in [5.74, 6) is 0.476. The normalized spacial score (nSPS) is 11.2. The van der Waals surface area contributed by atoms with Gasteiger partial charge in [0.2, 0.25) is 0 Å². The Morgan fingerprint density at radius 2 is 1.33 bits per heavy atom. The Hall–Kier alpha value is -1.82. The van der Waals surface area contributed by atoms with Crippen LogP contribution >= 0.6 is 0 Å². The minimum atomic E-state index is 0.476. The number of hydrogen-bond acceptors (Lipinski definition) is 0. The first kappa shape index (κ1) is 12.6. The molecular weight excluding hydrogens is 216 g/mol. The van der Waals surface area contributed by atoms with Crippen LogP contribution in [-0.2, 0) is 0 Å². The van der Waals surface area contributed by atoms with Crippen LogP contribution in [0.4, 0.5) is 0 Å². The predicted molar refractivity (Wildman–Crippen MR) is 78.5 cm³/mol. The van der Waals surface area contributed by atoms with E-state index in [0.29, 0.717) is 5.92 Å². The molecule has 0 aromatic heterocycles. The van der Waals surface area contributed by atoms with Crippen LogP contribution in [0, 0.1) is 6.92 Å². The molecule has 0 bridgehead atoms. The second-order valence-electron chi connectivity index (χ2n) is 4.42. The van der Waals surface area contributed by atoms with E-state index in [-0.39, 0.29) is 0 Å². The van der Waals surface area contributed by atoms with Crippen molar-refractivity contribution in [2.45, 2.75) is 18.8 Å². The molecule has 0 aliphatic heterocycles. The zero-order valence-corrected chi connectivity index (χ0v) is 10.6. The molecule has 2 aromatic rings. The van der Waals surface area contributed by atoms with Gasteiger partial charge in [0, 0.05) is 5.92 Å². The van der Waals surface area contributed by atoms with E-state index >= 15 is 0 Å². The van der Waals surface area contributed by atoms with Gasteiger partial charge in [0.1, 0.15) is 0 Å². The molecule has 2 aromatic carbocycles. The molecule has 0 N–H and O–H groups in total. The Balaban J connectivity index is 2.23. The third-order valence-corrected chi connectivity index (χ3v) is 3.19. The average Bonchev–Trinajstić information content (AvgIpc) is 2.46. The van der Waals surface area contributed by atoms with Crippen LogP contribution < -0.4 is 0 Å². The van der Waals surface area contributed by atoms with E-state index in [9.17, 15) is 0 Å². The quantitative estimate of drug-likeness (QED) is 0.685. The van der Waals surface area contributed by atoms with Crippen LogP contribution in [0.2, 0.25) is 0 Å². The van der Waals surface area contributed by atoms with Gasteiger partial charge in [-0.2, -0.15) is 0 Å². The molecule has 0 aliphatic rings. The molecule has 2 rings (SSSR count). The topological polar surface area (TPSA) is 0 Å². The van der Waals surface area contributed by atoms with Gasteiger partial charge < -0.3 is 0 Å². The van der Waals surface area contributed by atoms with Gasteiger partial charge in [0.15, 0.2) is 0 Å². The molecular formula is C18H19. The van der Waals surface area contributed by atoms with Crippen LogP contribution in [0.3, 0.4) is 0 Å². The van der Waals surface area contributed by atoms with Gasteiger partial charge in [-0.1, -0.05) is 72.8 Å². The second kappa shape index (κ2) is 6.80. The fraction of sp³-hybridized carbons (Fsp3) is 0.167. The van der Waals surface area contributed by atoms with E-state index in [4.69, 9.17) is 0 Å². The molecule has 0 spiro atoms. The number of allylic oxidation sites excluding steroid dienone is 2. The molecule has 0 fully saturated rings. The molecule has 0 aliphatic carbocycles. The first-order valence-corrected chi connectivity index (χ1v) is 6.46. The minimum Gasteiger partial charge on any atom is -0.0885 e. The first-order chi connectivity index (χ1) is 8.92. The third-order valence-electron chi connectivity index (χ3n) is 3.19. The maximum atomic E-state index is 3.75. The molecule has 0 saturated heterocycles. The zero-order valence-electron chi connectivity index (χ0n) is 10.6. The van der Waals surface area contributed by atoms with Crippen molar-refractivity contribution < 1.29 is 0 Å². The summed E-state index contributed by atoms with van der Waals surface area (Å²) < 4.78 is 0. The molecule has 0 nitrogen and oxygen atoms in total. The van der Waals surface area contributed by atoms with Crippen molar-refractivity contribution in [3.63, 3.8) is 0 Å². The number of hydrogen-bond donors (Lipinski definition) is 0. The lowest BCUT2D eigenvalue weighted by molar-refractivity contribution is 0.728. The summed E-state index contributed by atoms with van der Waals surface area (Å²) in [5, 5.41) is 0. The summed E-state index contributed by atoms with van der Waals surface area (Å²) in [6.07, 6.45) is 6.21. The SMILES string of the molecule is [CH2]C=CCCC(c1ccccc1)c1ccccc1. The highest BCUT2D eigenvalue weighted by molar-refractivity contribution is 5.32. The van der Waals surface area contributed by atoms with E-state index in [0.717, 1.165) is 12.8 Å². The Kier molecular flexibility index (Phi) is 4.78. The predicted octanol–water partition coefficient (Wildman–Crippen LogP) is 4.99. The van der Waals surface area contributed by atoms with E-state index in [1.54, 1.807) is 0 Å². The summed E-state index contributed by atoms with van der Waals surface area (Å²) >= 11 is 0. The standard InChI is InChI=1S/C18H19/c1-2-3-6-15-18(16-11-7-4-8-12-16)17-13-9-5-10-14-17/h2-5,7-14,18H,1,6,15H2. The van der Waals surface area contributed by atoms with Gasteiger partial charge in [-0.15, -0.1) is 0 Å². The lowest BCUT2D eigenvalue weighted by Gasteiger charge is -2.17. The van der Waals surface area contributed by atoms with Gasteiger partial charge >= 0.3 is 0 Å². The number of rotatable bonds is 5. The summed E-state index contributed by atoms with van der Waals surface area (Å²) in [6.45, 7) is 3.75. The monoisotopic (exact) mass is 235 g/mol. The van der Waals surface area contributed by atoms with E-state index in [1.165, 1.54) is 11.1 Å². The first-order valence-electron chi connectivity index (χ1n) is 6.46. The van der Waals surface area contributed by atoms with Gasteiger partial charge in [0.25, 0.3) is 0 Å². The second-order valence-corrected chi connectivity index (χ2v) is 4.42. The molecule has 18 heavy (non-hydrogen) atoms. The van der Waals surface area contributed by atoms with Crippen molar-refractivity contribution in [1.29, 1.82) is 0 Å². The minimum absolute atomic E-state index is 0.476. The lowest BCUT2D eigenvalue weighted by atomic mass is 9.87. The van der Waals surface area contributed by atoms with E-state index < -0.39 is 0 Å². The van der Waals surface area contributed by atoms with Gasteiger partial charge in [-0.25, -0.2) is 0 Å². The van der Waals surface area contributed by atoms with Crippen molar-refractivity contribution in [2.24, 2.45) is 0 Å². The Labute approximate surface area is 110 Å². The highest BCUT2D eigenvalue weighted by Crippen LogP contribution is 2.28. The maximum Gasteiger partial charge on any atom is 0.00922 e. The fourth-order valence-electron chi connectivity index (χ4n) is 2.28. The van der Waals surface area contributed by atoms with Crippen LogP contribution in [-0.4, -0.2) is 0 Å². The van der Waals surface area contributed by atoms with Crippen LogP contribution in [0.1, 0.15) is 29.9 Å². The molecule has 0 amide bonds. The molecule has 0 saturated carbocycles. The molecule has 0 heteroatoms. The zero-order chi connectivity index (χ0) is 12.6. The summed E-state index contributed by atoms with van der Waals surface area (Å²) in [6, 6.07) is 21.5. The average molecular weight is 235 g/mol. The van der Waals surface area contributed by atoms with Crippen molar-refractivity contribution in [3.05, 3.63) is 90.9 Å². The largest absolute Gasteiger partial charge is 0.0885 e. The van der Waals surface area contributed by atoms with Crippen LogP contribution in [0.25, 0.3) is 0 Å². The van der Waals surface area contributed by atoms with Crippen molar-refractivity contribution in [2.75, 3.05) is 0 Å². The summed E-state index contributed by atoms with van der Waals surface area (Å²) in [5.41, 5.74) is 2.78.